The summed E-state index contributed by atoms with van der Waals surface area (Å²) in [5.41, 5.74) is 7.09. The quantitative estimate of drug-likeness (QED) is 0.839. The molecule has 19 heavy (non-hydrogen) atoms. The first kappa shape index (κ1) is 13.5. The first-order valence-corrected chi connectivity index (χ1v) is 6.74. The fraction of sp³-hybridized carbons (Fsp3) is 0.400. The number of anilines is 1. The van der Waals surface area contributed by atoms with Gasteiger partial charge in [-0.05, 0) is 37.6 Å². The fourth-order valence-electron chi connectivity index (χ4n) is 2.08. The molecule has 1 aromatic heterocycles. The Morgan fingerprint density at radius 1 is 1.32 bits per heavy atom. The highest BCUT2D eigenvalue weighted by molar-refractivity contribution is 5.96. The van der Waals surface area contributed by atoms with Gasteiger partial charge in [0, 0.05) is 24.2 Å². The molecule has 4 heteroatoms. The van der Waals surface area contributed by atoms with Crippen LogP contribution in [0.3, 0.4) is 0 Å². The Morgan fingerprint density at radius 2 is 2.11 bits per heavy atom. The second-order valence-corrected chi connectivity index (χ2v) is 4.65. The van der Waals surface area contributed by atoms with Crippen molar-refractivity contribution in [1.29, 1.82) is 0 Å². The number of hydrogen-bond acceptors (Lipinski definition) is 3. The Kier molecular flexibility index (Phi) is 4.10. The van der Waals surface area contributed by atoms with Crippen molar-refractivity contribution in [3.05, 3.63) is 30.0 Å². The van der Waals surface area contributed by atoms with E-state index in [0.717, 1.165) is 24.8 Å². The molecular formula is C15H20N2O2. The Balaban J connectivity index is 2.24. The molecule has 0 spiro atoms. The number of fused-ring (bicyclic) bond motifs is 1. The normalized spacial score (nSPS) is 10.8. The van der Waals surface area contributed by atoms with Gasteiger partial charge in [0.05, 0.1) is 0 Å². The van der Waals surface area contributed by atoms with Crippen LogP contribution in [0.15, 0.2) is 28.7 Å². The number of hydrogen-bond donors (Lipinski definition) is 1. The van der Waals surface area contributed by atoms with Gasteiger partial charge < -0.3 is 15.1 Å². The number of rotatable bonds is 5. The zero-order valence-electron chi connectivity index (χ0n) is 11.5. The summed E-state index contributed by atoms with van der Waals surface area (Å²) in [6, 6.07) is 7.15. The summed E-state index contributed by atoms with van der Waals surface area (Å²) in [7, 11) is 0. The smallest absolute Gasteiger partial charge is 0.289 e. The van der Waals surface area contributed by atoms with Crippen molar-refractivity contribution in [2.45, 2.75) is 26.7 Å². The molecule has 0 aliphatic carbocycles. The van der Waals surface area contributed by atoms with Crippen molar-refractivity contribution in [2.24, 2.45) is 0 Å². The van der Waals surface area contributed by atoms with E-state index in [2.05, 4.69) is 6.92 Å². The van der Waals surface area contributed by atoms with E-state index >= 15 is 0 Å². The fourth-order valence-corrected chi connectivity index (χ4v) is 2.08. The van der Waals surface area contributed by atoms with E-state index in [1.54, 1.807) is 18.2 Å². The summed E-state index contributed by atoms with van der Waals surface area (Å²) in [5, 5.41) is 0.870. The molecule has 0 radical (unpaired) electrons. The van der Waals surface area contributed by atoms with Crippen molar-refractivity contribution < 1.29 is 9.21 Å². The van der Waals surface area contributed by atoms with Crippen LogP contribution in [0.4, 0.5) is 5.69 Å². The first-order valence-electron chi connectivity index (χ1n) is 6.74. The predicted octanol–water partition coefficient (Wildman–Crippen LogP) is 3.28. The van der Waals surface area contributed by atoms with Crippen LogP contribution in [0, 0.1) is 0 Å². The molecule has 0 aliphatic rings. The molecule has 0 aliphatic heterocycles. The minimum absolute atomic E-state index is 0.0503. The van der Waals surface area contributed by atoms with E-state index in [-0.39, 0.29) is 5.91 Å². The molecule has 0 fully saturated rings. The maximum Gasteiger partial charge on any atom is 0.289 e. The average Bonchev–Trinajstić information content (AvgIpc) is 2.82. The summed E-state index contributed by atoms with van der Waals surface area (Å²) < 4.78 is 5.60. The highest BCUT2D eigenvalue weighted by Gasteiger charge is 2.18. The van der Waals surface area contributed by atoms with E-state index in [1.807, 2.05) is 17.9 Å². The largest absolute Gasteiger partial charge is 0.451 e. The predicted molar refractivity (Wildman–Crippen MR) is 77.1 cm³/mol. The zero-order valence-corrected chi connectivity index (χ0v) is 11.5. The molecule has 1 heterocycles. The van der Waals surface area contributed by atoms with Crippen LogP contribution in [0.25, 0.3) is 11.0 Å². The first-order chi connectivity index (χ1) is 9.15. The van der Waals surface area contributed by atoms with Gasteiger partial charge in [0.2, 0.25) is 0 Å². The number of unbranched alkanes of at least 4 members (excludes halogenated alkanes) is 1. The number of amides is 1. The topological polar surface area (TPSA) is 59.5 Å². The molecule has 2 rings (SSSR count). The number of nitrogens with zero attached hydrogens (tertiary/aromatic N) is 1. The van der Waals surface area contributed by atoms with Gasteiger partial charge in [0.1, 0.15) is 5.58 Å². The molecule has 2 aromatic rings. The summed E-state index contributed by atoms with van der Waals surface area (Å²) >= 11 is 0. The minimum Gasteiger partial charge on any atom is -0.451 e. The Hall–Kier alpha value is -1.97. The molecular weight excluding hydrogens is 240 g/mol. The number of benzene rings is 1. The van der Waals surface area contributed by atoms with Crippen LogP contribution in [-0.4, -0.2) is 23.9 Å². The van der Waals surface area contributed by atoms with Crippen LogP contribution >= 0.6 is 0 Å². The maximum atomic E-state index is 12.3. The Labute approximate surface area is 113 Å². The average molecular weight is 260 g/mol. The lowest BCUT2D eigenvalue weighted by Gasteiger charge is -2.18. The Bertz CT molecular complexity index is 575. The van der Waals surface area contributed by atoms with Crippen molar-refractivity contribution in [2.75, 3.05) is 18.8 Å². The molecule has 4 nitrogen and oxygen atoms in total. The van der Waals surface area contributed by atoms with Crippen molar-refractivity contribution in [3.63, 3.8) is 0 Å². The Morgan fingerprint density at radius 3 is 2.79 bits per heavy atom. The summed E-state index contributed by atoms with van der Waals surface area (Å²) in [5.74, 6) is 0.337. The third kappa shape index (κ3) is 2.89. The maximum absolute atomic E-state index is 12.3. The van der Waals surface area contributed by atoms with Gasteiger partial charge in [0.25, 0.3) is 5.91 Å². The van der Waals surface area contributed by atoms with Crippen LogP contribution < -0.4 is 5.73 Å². The van der Waals surface area contributed by atoms with Gasteiger partial charge in [0.15, 0.2) is 5.76 Å². The lowest BCUT2D eigenvalue weighted by Crippen LogP contribution is -2.31. The van der Waals surface area contributed by atoms with Crippen LogP contribution in [-0.2, 0) is 0 Å². The molecule has 102 valence electrons. The molecule has 0 saturated carbocycles. The number of nitrogens with two attached hydrogens (primary N) is 1. The summed E-state index contributed by atoms with van der Waals surface area (Å²) in [4.78, 5) is 14.1. The van der Waals surface area contributed by atoms with E-state index in [4.69, 9.17) is 10.2 Å². The van der Waals surface area contributed by atoms with Gasteiger partial charge in [-0.2, -0.15) is 0 Å². The highest BCUT2D eigenvalue weighted by atomic mass is 16.3. The highest BCUT2D eigenvalue weighted by Crippen LogP contribution is 2.22. The van der Waals surface area contributed by atoms with Gasteiger partial charge >= 0.3 is 0 Å². The van der Waals surface area contributed by atoms with Gasteiger partial charge in [-0.25, -0.2) is 0 Å². The number of furan rings is 1. The summed E-state index contributed by atoms with van der Waals surface area (Å²) in [6.07, 6.45) is 2.08. The third-order valence-electron chi connectivity index (χ3n) is 3.20. The molecule has 2 N–H and O–H groups in total. The second kappa shape index (κ2) is 5.78. The zero-order chi connectivity index (χ0) is 13.8. The monoisotopic (exact) mass is 260 g/mol. The second-order valence-electron chi connectivity index (χ2n) is 4.65. The molecule has 0 unspecified atom stereocenters. The van der Waals surface area contributed by atoms with E-state index in [1.165, 1.54) is 0 Å². The standard InChI is InChI=1S/C15H20N2O2/c1-3-5-8-17(4-2)15(18)14-10-11-9-12(16)6-7-13(11)19-14/h6-7,9-10H,3-5,8,16H2,1-2H3. The SMILES string of the molecule is CCCCN(CC)C(=O)c1cc2cc(N)ccc2o1. The van der Waals surface area contributed by atoms with Gasteiger partial charge in [-0.1, -0.05) is 13.3 Å². The number of nitrogen functional groups attached to an aromatic ring is 1. The lowest BCUT2D eigenvalue weighted by atomic mass is 10.2. The van der Waals surface area contributed by atoms with Gasteiger partial charge in [-0.15, -0.1) is 0 Å². The molecule has 0 atom stereocenters. The number of carbonyl (C=O) groups is 1. The molecule has 1 amide bonds. The van der Waals surface area contributed by atoms with E-state index in [9.17, 15) is 4.79 Å². The molecule has 0 bridgehead atoms. The van der Waals surface area contributed by atoms with E-state index < -0.39 is 0 Å². The van der Waals surface area contributed by atoms with Crippen LogP contribution in [0.2, 0.25) is 0 Å². The van der Waals surface area contributed by atoms with Crippen molar-refractivity contribution in [3.8, 4) is 0 Å². The van der Waals surface area contributed by atoms with E-state index in [0.29, 0.717) is 23.6 Å². The van der Waals surface area contributed by atoms with Crippen molar-refractivity contribution in [1.82, 2.24) is 4.90 Å². The van der Waals surface area contributed by atoms with Gasteiger partial charge in [-0.3, -0.25) is 4.79 Å². The van der Waals surface area contributed by atoms with Crippen LogP contribution in [0.5, 0.6) is 0 Å². The molecule has 0 saturated heterocycles. The van der Waals surface area contributed by atoms with Crippen LogP contribution in [0.1, 0.15) is 37.2 Å². The lowest BCUT2D eigenvalue weighted by molar-refractivity contribution is 0.0733. The third-order valence-corrected chi connectivity index (χ3v) is 3.20. The summed E-state index contributed by atoms with van der Waals surface area (Å²) in [6.45, 7) is 5.56. The molecule has 1 aromatic carbocycles. The minimum atomic E-state index is -0.0503. The van der Waals surface area contributed by atoms with Crippen molar-refractivity contribution >= 4 is 22.6 Å². The number of carbonyl (C=O) groups excluding carboxylic acids is 1.